The fourth-order valence-corrected chi connectivity index (χ4v) is 3.67. The molecule has 0 unspecified atom stereocenters. The van der Waals surface area contributed by atoms with Gasteiger partial charge in [-0.2, -0.15) is 0 Å². The fourth-order valence-electron chi connectivity index (χ4n) is 3.67. The number of para-hydroxylation sites is 2. The lowest BCUT2D eigenvalue weighted by atomic mass is 10.1. The maximum Gasteiger partial charge on any atom is 0.253 e. The maximum absolute atomic E-state index is 12.6. The second-order valence-electron chi connectivity index (χ2n) is 7.75. The summed E-state index contributed by atoms with van der Waals surface area (Å²) in [6.45, 7) is 2.12. The Balaban J connectivity index is 1.32. The zero-order valence-corrected chi connectivity index (χ0v) is 17.9. The minimum absolute atomic E-state index is 0.0418. The Morgan fingerprint density at radius 3 is 2.44 bits per heavy atom. The van der Waals surface area contributed by atoms with Gasteiger partial charge in [0.15, 0.2) is 0 Å². The van der Waals surface area contributed by atoms with Crippen molar-refractivity contribution in [1.29, 1.82) is 0 Å². The first kappa shape index (κ1) is 21.4. The van der Waals surface area contributed by atoms with E-state index in [1.54, 1.807) is 6.07 Å². The van der Waals surface area contributed by atoms with Gasteiger partial charge >= 0.3 is 0 Å². The van der Waals surface area contributed by atoms with Gasteiger partial charge in [0.05, 0.1) is 12.2 Å². The molecule has 1 aliphatic rings. The van der Waals surface area contributed by atoms with E-state index in [0.717, 1.165) is 37.2 Å². The van der Waals surface area contributed by atoms with Gasteiger partial charge in [0.2, 0.25) is 5.91 Å². The molecule has 0 atom stereocenters. The smallest absolute Gasteiger partial charge is 0.253 e. The van der Waals surface area contributed by atoms with Crippen LogP contribution in [0.2, 0.25) is 0 Å². The van der Waals surface area contributed by atoms with E-state index >= 15 is 0 Å². The van der Waals surface area contributed by atoms with Crippen LogP contribution in [0.1, 0.15) is 28.8 Å². The van der Waals surface area contributed by atoms with E-state index in [9.17, 15) is 9.59 Å². The van der Waals surface area contributed by atoms with Crippen molar-refractivity contribution in [3.63, 3.8) is 0 Å². The highest BCUT2D eigenvalue weighted by Gasteiger charge is 2.19. The molecule has 0 aromatic heterocycles. The number of nitrogens with zero attached hydrogens (tertiary/aromatic N) is 1. The third kappa shape index (κ3) is 5.66. The number of carbonyl (C=O) groups excluding carboxylic acids is 2. The number of carbonyl (C=O) groups is 2. The first-order valence-electron chi connectivity index (χ1n) is 10.9. The molecule has 2 amide bonds. The third-order valence-electron chi connectivity index (χ3n) is 5.35. The predicted octanol–water partition coefficient (Wildman–Crippen LogP) is 4.55. The Morgan fingerprint density at radius 1 is 0.875 bits per heavy atom. The van der Waals surface area contributed by atoms with Crippen LogP contribution >= 0.6 is 0 Å². The van der Waals surface area contributed by atoms with Crippen molar-refractivity contribution < 1.29 is 14.3 Å². The first-order chi connectivity index (χ1) is 15.7. The molecule has 4 rings (SSSR count). The standard InChI is InChI=1S/C26H27N3O3/c30-25(18-27-22-12-8-11-21(17-22)26(31)29-15-6-7-16-29)28-23-13-4-5-14-24(23)32-19-20-9-2-1-3-10-20/h1-5,8-14,17,27H,6-7,15-16,18-19H2,(H,28,30). The minimum atomic E-state index is -0.197. The van der Waals surface area contributed by atoms with Gasteiger partial charge in [-0.15, -0.1) is 0 Å². The molecule has 1 fully saturated rings. The van der Waals surface area contributed by atoms with Crippen LogP contribution in [0, 0.1) is 0 Å². The Kier molecular flexibility index (Phi) is 7.02. The van der Waals surface area contributed by atoms with E-state index in [1.807, 2.05) is 77.7 Å². The Labute approximate surface area is 188 Å². The fraction of sp³-hybridized carbons (Fsp3) is 0.231. The highest BCUT2D eigenvalue weighted by Crippen LogP contribution is 2.25. The molecule has 6 heteroatoms. The SMILES string of the molecule is O=C(CNc1cccc(C(=O)N2CCCC2)c1)Nc1ccccc1OCc1ccccc1. The van der Waals surface area contributed by atoms with Gasteiger partial charge in [0.25, 0.3) is 5.91 Å². The number of hydrogen-bond acceptors (Lipinski definition) is 4. The molecular formula is C26H27N3O3. The van der Waals surface area contributed by atoms with Crippen LogP contribution in [-0.4, -0.2) is 36.3 Å². The number of benzene rings is 3. The van der Waals surface area contributed by atoms with Crippen molar-refractivity contribution in [3.8, 4) is 5.75 Å². The summed E-state index contributed by atoms with van der Waals surface area (Å²) in [4.78, 5) is 27.0. The largest absolute Gasteiger partial charge is 0.487 e. The van der Waals surface area contributed by atoms with Gasteiger partial charge in [-0.05, 0) is 48.7 Å². The van der Waals surface area contributed by atoms with Crippen LogP contribution in [0.3, 0.4) is 0 Å². The normalized spacial score (nSPS) is 12.9. The molecular weight excluding hydrogens is 402 g/mol. The molecule has 3 aromatic rings. The van der Waals surface area contributed by atoms with Crippen LogP contribution in [0.5, 0.6) is 5.75 Å². The second-order valence-corrected chi connectivity index (χ2v) is 7.75. The molecule has 164 valence electrons. The minimum Gasteiger partial charge on any atom is -0.487 e. The average Bonchev–Trinajstić information content (AvgIpc) is 3.38. The zero-order chi connectivity index (χ0) is 22.2. The summed E-state index contributed by atoms with van der Waals surface area (Å²) >= 11 is 0. The molecule has 32 heavy (non-hydrogen) atoms. The molecule has 0 radical (unpaired) electrons. The van der Waals surface area contributed by atoms with Gasteiger partial charge in [0, 0.05) is 24.3 Å². The molecule has 0 spiro atoms. The van der Waals surface area contributed by atoms with Crippen LogP contribution in [-0.2, 0) is 11.4 Å². The van der Waals surface area contributed by atoms with Gasteiger partial charge in [-0.3, -0.25) is 9.59 Å². The summed E-state index contributed by atoms with van der Waals surface area (Å²) in [5.74, 6) is 0.458. The summed E-state index contributed by atoms with van der Waals surface area (Å²) < 4.78 is 5.90. The van der Waals surface area contributed by atoms with E-state index in [-0.39, 0.29) is 18.4 Å². The van der Waals surface area contributed by atoms with Crippen molar-refractivity contribution in [2.45, 2.75) is 19.4 Å². The number of ether oxygens (including phenoxy) is 1. The molecule has 3 aromatic carbocycles. The molecule has 0 saturated carbocycles. The summed E-state index contributed by atoms with van der Waals surface area (Å²) in [6, 6.07) is 24.5. The van der Waals surface area contributed by atoms with Crippen molar-refractivity contribution >= 4 is 23.2 Å². The number of hydrogen-bond donors (Lipinski definition) is 2. The van der Waals surface area contributed by atoms with Crippen molar-refractivity contribution in [3.05, 3.63) is 90.0 Å². The second kappa shape index (κ2) is 10.5. The average molecular weight is 430 g/mol. The molecule has 0 bridgehead atoms. The van der Waals surface area contributed by atoms with Gasteiger partial charge < -0.3 is 20.3 Å². The number of rotatable bonds is 8. The van der Waals surface area contributed by atoms with Crippen molar-refractivity contribution in [1.82, 2.24) is 4.90 Å². The van der Waals surface area contributed by atoms with Crippen LogP contribution in [0.25, 0.3) is 0 Å². The summed E-state index contributed by atoms with van der Waals surface area (Å²) in [5.41, 5.74) is 3.04. The lowest BCUT2D eigenvalue weighted by Gasteiger charge is -2.16. The summed E-state index contributed by atoms with van der Waals surface area (Å²) in [6.07, 6.45) is 2.11. The van der Waals surface area contributed by atoms with Gasteiger partial charge in [-0.25, -0.2) is 0 Å². The summed E-state index contributed by atoms with van der Waals surface area (Å²) in [5, 5.41) is 6.00. The molecule has 1 saturated heterocycles. The van der Waals surface area contributed by atoms with Crippen molar-refractivity contribution in [2.24, 2.45) is 0 Å². The molecule has 2 N–H and O–H groups in total. The quantitative estimate of drug-likeness (QED) is 0.551. The van der Waals surface area contributed by atoms with E-state index in [1.165, 1.54) is 0 Å². The molecule has 6 nitrogen and oxygen atoms in total. The maximum atomic E-state index is 12.6. The molecule has 1 aliphatic heterocycles. The van der Waals surface area contributed by atoms with E-state index in [2.05, 4.69) is 10.6 Å². The van der Waals surface area contributed by atoms with Crippen molar-refractivity contribution in [2.75, 3.05) is 30.3 Å². The van der Waals surface area contributed by atoms with Crippen LogP contribution in [0.4, 0.5) is 11.4 Å². The Morgan fingerprint density at radius 2 is 1.62 bits per heavy atom. The summed E-state index contributed by atoms with van der Waals surface area (Å²) in [7, 11) is 0. The van der Waals surface area contributed by atoms with E-state index in [0.29, 0.717) is 23.6 Å². The van der Waals surface area contributed by atoms with E-state index in [4.69, 9.17) is 4.74 Å². The lowest BCUT2D eigenvalue weighted by molar-refractivity contribution is -0.114. The van der Waals surface area contributed by atoms with Crippen LogP contribution in [0.15, 0.2) is 78.9 Å². The Bertz CT molecular complexity index is 1060. The third-order valence-corrected chi connectivity index (χ3v) is 5.35. The number of amides is 2. The topological polar surface area (TPSA) is 70.7 Å². The molecule has 0 aliphatic carbocycles. The number of likely N-dealkylation sites (tertiary alicyclic amines) is 1. The number of anilines is 2. The highest BCUT2D eigenvalue weighted by molar-refractivity contribution is 5.96. The zero-order valence-electron chi connectivity index (χ0n) is 17.9. The molecule has 1 heterocycles. The number of nitrogens with one attached hydrogen (secondary N) is 2. The highest BCUT2D eigenvalue weighted by atomic mass is 16.5. The van der Waals surface area contributed by atoms with Crippen LogP contribution < -0.4 is 15.4 Å². The first-order valence-corrected chi connectivity index (χ1v) is 10.9. The van der Waals surface area contributed by atoms with Gasteiger partial charge in [-0.1, -0.05) is 48.5 Å². The Hall–Kier alpha value is -3.80. The predicted molar refractivity (Wildman–Crippen MR) is 126 cm³/mol. The monoisotopic (exact) mass is 429 g/mol. The van der Waals surface area contributed by atoms with E-state index < -0.39 is 0 Å². The lowest BCUT2D eigenvalue weighted by Crippen LogP contribution is -2.27. The van der Waals surface area contributed by atoms with Gasteiger partial charge in [0.1, 0.15) is 12.4 Å².